The van der Waals surface area contributed by atoms with Crippen LogP contribution in [-0.4, -0.2) is 39.6 Å². The fourth-order valence-electron chi connectivity index (χ4n) is 4.53. The minimum atomic E-state index is -1.14. The Morgan fingerprint density at radius 1 is 1.09 bits per heavy atom. The van der Waals surface area contributed by atoms with E-state index in [1.807, 2.05) is 24.3 Å². The van der Waals surface area contributed by atoms with Crippen LogP contribution in [0.5, 0.6) is 0 Å². The molecule has 34 heavy (non-hydrogen) atoms. The zero-order valence-electron chi connectivity index (χ0n) is 18.5. The van der Waals surface area contributed by atoms with E-state index in [9.17, 15) is 19.5 Å². The molecule has 0 bridgehead atoms. The maximum atomic E-state index is 12.6. The number of aromatic carboxylic acids is 1. The lowest BCUT2D eigenvalue weighted by Crippen LogP contribution is -2.40. The van der Waals surface area contributed by atoms with Crippen molar-refractivity contribution in [1.82, 2.24) is 9.69 Å². The van der Waals surface area contributed by atoms with Crippen molar-refractivity contribution < 1.29 is 24.2 Å². The molecule has 0 radical (unpaired) electrons. The number of hydrogen-bond donors (Lipinski definition) is 3. The molecule has 3 aromatic rings. The van der Waals surface area contributed by atoms with Gasteiger partial charge in [-0.25, -0.2) is 9.59 Å². The summed E-state index contributed by atoms with van der Waals surface area (Å²) in [6.07, 6.45) is 0.774. The van der Waals surface area contributed by atoms with Gasteiger partial charge in [0, 0.05) is 5.92 Å². The summed E-state index contributed by atoms with van der Waals surface area (Å²) < 4.78 is 9.60. The molecule has 0 unspecified atom stereocenters. The van der Waals surface area contributed by atoms with Gasteiger partial charge in [0.25, 0.3) is 0 Å². The Hall–Kier alpha value is -3.72. The topological polar surface area (TPSA) is 118 Å². The van der Waals surface area contributed by atoms with Gasteiger partial charge in [-0.2, -0.15) is 4.37 Å². The number of benzene rings is 2. The van der Waals surface area contributed by atoms with E-state index in [4.69, 9.17) is 4.74 Å². The Morgan fingerprint density at radius 2 is 1.71 bits per heavy atom. The number of aromatic nitrogens is 1. The lowest BCUT2D eigenvalue weighted by molar-refractivity contribution is -0.116. The first-order chi connectivity index (χ1) is 16.4. The van der Waals surface area contributed by atoms with Gasteiger partial charge in [0.05, 0.1) is 17.7 Å². The molecule has 3 N–H and O–H groups in total. The number of alkyl carbamates (subject to hydrolysis) is 1. The fourth-order valence-corrected chi connectivity index (χ4v) is 5.34. The molecule has 9 heteroatoms. The lowest BCUT2D eigenvalue weighted by atomic mass is 9.98. The summed E-state index contributed by atoms with van der Waals surface area (Å²) in [5.41, 5.74) is 4.24. The molecule has 2 aliphatic rings. The van der Waals surface area contributed by atoms with E-state index in [-0.39, 0.29) is 35.4 Å². The molecule has 0 atom stereocenters. The van der Waals surface area contributed by atoms with Gasteiger partial charge in [0.2, 0.25) is 5.91 Å². The molecular weight excluding hydrogens is 454 g/mol. The molecule has 0 spiro atoms. The second-order valence-electron chi connectivity index (χ2n) is 8.73. The Kier molecular flexibility index (Phi) is 5.57. The number of rotatable bonds is 7. The van der Waals surface area contributed by atoms with Crippen molar-refractivity contribution in [1.29, 1.82) is 0 Å². The smallest absolute Gasteiger partial charge is 0.407 e. The van der Waals surface area contributed by atoms with Gasteiger partial charge in [-0.3, -0.25) is 4.79 Å². The monoisotopic (exact) mass is 477 g/mol. The van der Waals surface area contributed by atoms with Crippen LogP contribution in [0.1, 0.15) is 52.4 Å². The van der Waals surface area contributed by atoms with Gasteiger partial charge >= 0.3 is 12.1 Å². The standard InChI is InChI=1S/C25H23N3O5S/c1-14-21(23(30)31)22(34-28-14)26-20(29)12-25(10-11-25)27-24(32)33-13-19-17-8-4-2-6-15(17)16-7-3-5-9-18(16)19/h2-9,19H,10-13H2,1H3,(H,26,29)(H,27,32)(H,30,31). The van der Waals surface area contributed by atoms with Gasteiger partial charge in [-0.15, -0.1) is 0 Å². The first kappa shape index (κ1) is 22.1. The molecule has 174 valence electrons. The van der Waals surface area contributed by atoms with Crippen LogP contribution < -0.4 is 10.6 Å². The molecule has 1 aromatic heterocycles. The average molecular weight is 478 g/mol. The zero-order chi connectivity index (χ0) is 23.9. The molecule has 2 aromatic carbocycles. The summed E-state index contributed by atoms with van der Waals surface area (Å²) in [5, 5.41) is 15.0. The molecular formula is C25H23N3O5S. The van der Waals surface area contributed by atoms with Gasteiger partial charge in [-0.1, -0.05) is 48.5 Å². The van der Waals surface area contributed by atoms with E-state index in [2.05, 4.69) is 39.3 Å². The molecule has 0 aliphatic heterocycles. The number of nitrogens with zero attached hydrogens (tertiary/aromatic N) is 1. The third-order valence-corrected chi connectivity index (χ3v) is 7.25. The van der Waals surface area contributed by atoms with Crippen LogP contribution in [0.2, 0.25) is 0 Å². The summed E-state index contributed by atoms with van der Waals surface area (Å²) >= 11 is 0.929. The molecule has 2 aliphatic carbocycles. The average Bonchev–Trinajstić information content (AvgIpc) is 3.32. The van der Waals surface area contributed by atoms with Crippen LogP contribution in [0.15, 0.2) is 48.5 Å². The number of carboxylic acids is 1. The van der Waals surface area contributed by atoms with Crippen LogP contribution in [-0.2, 0) is 9.53 Å². The van der Waals surface area contributed by atoms with Crippen molar-refractivity contribution in [3.63, 3.8) is 0 Å². The van der Waals surface area contributed by atoms with Gasteiger partial charge in [0.1, 0.15) is 17.2 Å². The minimum absolute atomic E-state index is 0.00677. The zero-order valence-corrected chi connectivity index (χ0v) is 19.3. The van der Waals surface area contributed by atoms with E-state index < -0.39 is 17.6 Å². The largest absolute Gasteiger partial charge is 0.478 e. The van der Waals surface area contributed by atoms with Crippen LogP contribution in [0.25, 0.3) is 11.1 Å². The summed E-state index contributed by atoms with van der Waals surface area (Å²) in [4.78, 5) is 36.6. The van der Waals surface area contributed by atoms with E-state index in [1.165, 1.54) is 0 Å². The van der Waals surface area contributed by atoms with Crippen molar-refractivity contribution in [3.05, 3.63) is 70.9 Å². The predicted molar refractivity (Wildman–Crippen MR) is 127 cm³/mol. The van der Waals surface area contributed by atoms with Gasteiger partial charge in [-0.05, 0) is 53.6 Å². The van der Waals surface area contributed by atoms with Gasteiger partial charge < -0.3 is 20.5 Å². The molecule has 8 nitrogen and oxygen atoms in total. The van der Waals surface area contributed by atoms with E-state index in [0.29, 0.717) is 18.5 Å². The molecule has 1 saturated carbocycles. The number of amides is 2. The molecule has 2 amide bonds. The highest BCUT2D eigenvalue weighted by Gasteiger charge is 2.46. The van der Waals surface area contributed by atoms with Crippen LogP contribution >= 0.6 is 11.5 Å². The SMILES string of the molecule is Cc1nsc(NC(=O)CC2(NC(=O)OCC3c4ccccc4-c4ccccc43)CC2)c1C(=O)O. The highest BCUT2D eigenvalue weighted by molar-refractivity contribution is 7.11. The summed E-state index contributed by atoms with van der Waals surface area (Å²) in [6, 6.07) is 16.2. The number of anilines is 1. The number of hydrogen-bond acceptors (Lipinski definition) is 6. The number of nitrogens with one attached hydrogen (secondary N) is 2. The number of ether oxygens (including phenoxy) is 1. The molecule has 1 heterocycles. The number of fused-ring (bicyclic) bond motifs is 3. The Balaban J connectivity index is 1.20. The fraction of sp³-hybridized carbons (Fsp3) is 0.280. The minimum Gasteiger partial charge on any atom is -0.478 e. The van der Waals surface area contributed by atoms with Crippen molar-refractivity contribution in [2.24, 2.45) is 0 Å². The maximum absolute atomic E-state index is 12.6. The van der Waals surface area contributed by atoms with E-state index in [1.54, 1.807) is 6.92 Å². The van der Waals surface area contributed by atoms with Gasteiger partial charge in [0.15, 0.2) is 0 Å². The van der Waals surface area contributed by atoms with E-state index >= 15 is 0 Å². The Bertz CT molecular complexity index is 1250. The lowest BCUT2D eigenvalue weighted by Gasteiger charge is -2.19. The quantitative estimate of drug-likeness (QED) is 0.460. The first-order valence-corrected chi connectivity index (χ1v) is 11.8. The second kappa shape index (κ2) is 8.57. The summed E-state index contributed by atoms with van der Waals surface area (Å²) in [6.45, 7) is 1.78. The summed E-state index contributed by atoms with van der Waals surface area (Å²) in [5.74, 6) is -1.55. The maximum Gasteiger partial charge on any atom is 0.407 e. The number of carbonyl (C=O) groups excluding carboxylic acids is 2. The molecule has 1 fully saturated rings. The summed E-state index contributed by atoms with van der Waals surface area (Å²) in [7, 11) is 0. The second-order valence-corrected chi connectivity index (χ2v) is 9.51. The molecule has 0 saturated heterocycles. The number of aryl methyl sites for hydroxylation is 1. The Morgan fingerprint density at radius 3 is 2.29 bits per heavy atom. The molecule has 5 rings (SSSR count). The van der Waals surface area contributed by atoms with Crippen molar-refractivity contribution in [2.45, 2.75) is 37.6 Å². The number of carboxylic acid groups (broad SMARTS) is 1. The van der Waals surface area contributed by atoms with Crippen molar-refractivity contribution in [2.75, 3.05) is 11.9 Å². The van der Waals surface area contributed by atoms with Crippen molar-refractivity contribution in [3.8, 4) is 11.1 Å². The van der Waals surface area contributed by atoms with Crippen LogP contribution in [0, 0.1) is 6.92 Å². The van der Waals surface area contributed by atoms with Crippen LogP contribution in [0.3, 0.4) is 0 Å². The highest BCUT2D eigenvalue weighted by atomic mass is 32.1. The third-order valence-electron chi connectivity index (χ3n) is 6.39. The Labute approximate surface area is 200 Å². The number of carbonyl (C=O) groups is 3. The predicted octanol–water partition coefficient (Wildman–Crippen LogP) is 4.55. The third kappa shape index (κ3) is 4.14. The highest BCUT2D eigenvalue weighted by Crippen LogP contribution is 2.45. The van der Waals surface area contributed by atoms with Crippen LogP contribution in [0.4, 0.5) is 9.80 Å². The van der Waals surface area contributed by atoms with Crippen molar-refractivity contribution >= 4 is 34.5 Å². The van der Waals surface area contributed by atoms with E-state index in [0.717, 1.165) is 33.8 Å². The normalized spacial score (nSPS) is 15.2. The first-order valence-electron chi connectivity index (χ1n) is 11.0.